The monoisotopic (exact) mass is 239 g/mol. The summed E-state index contributed by atoms with van der Waals surface area (Å²) in [6.45, 7) is 0.552. The maximum atomic E-state index is 12.2. The van der Waals surface area contributed by atoms with E-state index in [0.29, 0.717) is 29.3 Å². The third kappa shape index (κ3) is 1.34. The third-order valence-corrected chi connectivity index (χ3v) is 3.12. The van der Waals surface area contributed by atoms with Crippen LogP contribution in [0.3, 0.4) is 0 Å². The fourth-order valence-electron chi connectivity index (χ4n) is 2.06. The van der Waals surface area contributed by atoms with Crippen molar-refractivity contribution in [2.45, 2.75) is 18.6 Å². The van der Waals surface area contributed by atoms with Gasteiger partial charge in [-0.05, 0) is 24.6 Å². The number of rotatable bonds is 0. The van der Waals surface area contributed by atoms with Gasteiger partial charge in [0.2, 0.25) is 5.78 Å². The minimum atomic E-state index is -1.12. The molecule has 1 fully saturated rings. The third-order valence-electron chi connectivity index (χ3n) is 2.88. The first kappa shape index (κ1) is 10.1. The molecule has 84 valence electrons. The highest BCUT2D eigenvalue weighted by atomic mass is 35.5. The normalized spacial score (nSPS) is 27.9. The number of ether oxygens (including phenoxy) is 1. The van der Waals surface area contributed by atoms with E-state index in [0.717, 1.165) is 6.42 Å². The summed E-state index contributed by atoms with van der Waals surface area (Å²) >= 11 is 5.84. The van der Waals surface area contributed by atoms with Crippen LogP contribution in [0.15, 0.2) is 18.2 Å². The molecule has 1 aromatic carbocycles. The standard InChI is InChI=1S/C11H10ClNO3/c12-7-2-3-8-9(6-7)13-16-11(10(8)14)4-1-5-15-11/h2-3,6,13H,1,4-5H2. The molecule has 1 unspecified atom stereocenters. The van der Waals surface area contributed by atoms with Crippen LogP contribution < -0.4 is 5.48 Å². The molecule has 3 rings (SSSR count). The summed E-state index contributed by atoms with van der Waals surface area (Å²) in [6, 6.07) is 5.05. The summed E-state index contributed by atoms with van der Waals surface area (Å²) in [5.41, 5.74) is 3.90. The van der Waals surface area contributed by atoms with Crippen LogP contribution in [0.2, 0.25) is 5.02 Å². The number of carbonyl (C=O) groups excluding carboxylic acids is 1. The van der Waals surface area contributed by atoms with Gasteiger partial charge in [-0.1, -0.05) is 11.6 Å². The molecule has 1 atom stereocenters. The molecule has 0 radical (unpaired) electrons. The number of fused-ring (bicyclic) bond motifs is 1. The van der Waals surface area contributed by atoms with E-state index in [1.807, 2.05) is 0 Å². The van der Waals surface area contributed by atoms with Crippen molar-refractivity contribution < 1.29 is 14.4 Å². The van der Waals surface area contributed by atoms with E-state index >= 15 is 0 Å². The number of ketones is 1. The summed E-state index contributed by atoms with van der Waals surface area (Å²) in [4.78, 5) is 17.6. The molecule has 5 heteroatoms. The highest BCUT2D eigenvalue weighted by Gasteiger charge is 2.48. The topological polar surface area (TPSA) is 47.6 Å². The lowest BCUT2D eigenvalue weighted by Crippen LogP contribution is -2.46. The fraction of sp³-hybridized carbons (Fsp3) is 0.364. The first-order valence-corrected chi connectivity index (χ1v) is 5.51. The largest absolute Gasteiger partial charge is 0.342 e. The Morgan fingerprint density at radius 3 is 3.06 bits per heavy atom. The van der Waals surface area contributed by atoms with Crippen molar-refractivity contribution in [3.63, 3.8) is 0 Å². The Morgan fingerprint density at radius 2 is 2.31 bits per heavy atom. The zero-order chi connectivity index (χ0) is 11.2. The molecule has 1 saturated heterocycles. The predicted octanol–water partition coefficient (Wildman–Crippen LogP) is 2.39. The van der Waals surface area contributed by atoms with Crippen molar-refractivity contribution in [1.29, 1.82) is 0 Å². The molecule has 0 bridgehead atoms. The van der Waals surface area contributed by atoms with Crippen molar-refractivity contribution in [2.24, 2.45) is 0 Å². The number of benzene rings is 1. The quantitative estimate of drug-likeness (QED) is 0.755. The average Bonchev–Trinajstić information content (AvgIpc) is 2.74. The molecule has 0 aromatic heterocycles. The second-order valence-corrected chi connectivity index (χ2v) is 4.36. The molecule has 0 amide bonds. The van der Waals surface area contributed by atoms with Gasteiger partial charge in [0.25, 0.3) is 5.79 Å². The SMILES string of the molecule is O=C1c2ccc(Cl)cc2NOC12CCCO2. The zero-order valence-corrected chi connectivity index (χ0v) is 9.21. The van der Waals surface area contributed by atoms with Gasteiger partial charge >= 0.3 is 0 Å². The van der Waals surface area contributed by atoms with Crippen LogP contribution in [-0.4, -0.2) is 18.2 Å². The van der Waals surface area contributed by atoms with Gasteiger partial charge in [-0.3, -0.25) is 10.3 Å². The van der Waals surface area contributed by atoms with Gasteiger partial charge < -0.3 is 4.74 Å². The first-order valence-electron chi connectivity index (χ1n) is 5.14. The molecule has 2 heterocycles. The van der Waals surface area contributed by atoms with Crippen molar-refractivity contribution in [2.75, 3.05) is 12.1 Å². The van der Waals surface area contributed by atoms with Crippen LogP contribution in [0.25, 0.3) is 0 Å². The molecule has 4 nitrogen and oxygen atoms in total. The van der Waals surface area contributed by atoms with Crippen molar-refractivity contribution in [3.8, 4) is 0 Å². The highest BCUT2D eigenvalue weighted by Crippen LogP contribution is 2.37. The van der Waals surface area contributed by atoms with Gasteiger partial charge in [-0.25, -0.2) is 4.84 Å². The fourth-order valence-corrected chi connectivity index (χ4v) is 2.23. The minimum absolute atomic E-state index is 0.129. The Balaban J connectivity index is 2.05. The van der Waals surface area contributed by atoms with E-state index in [1.165, 1.54) is 0 Å². The summed E-state index contributed by atoms with van der Waals surface area (Å²) in [7, 11) is 0. The molecule has 1 spiro atoms. The molecule has 0 saturated carbocycles. The van der Waals surface area contributed by atoms with Gasteiger partial charge in [0.05, 0.1) is 12.3 Å². The van der Waals surface area contributed by atoms with E-state index < -0.39 is 5.79 Å². The van der Waals surface area contributed by atoms with Gasteiger partial charge in [0.1, 0.15) is 0 Å². The summed E-state index contributed by atoms with van der Waals surface area (Å²) in [6.07, 6.45) is 1.41. The Hall–Kier alpha value is -1.10. The molecule has 2 aliphatic rings. The van der Waals surface area contributed by atoms with Crippen LogP contribution in [0, 0.1) is 0 Å². The van der Waals surface area contributed by atoms with E-state index in [9.17, 15) is 4.79 Å². The van der Waals surface area contributed by atoms with Crippen LogP contribution in [0.4, 0.5) is 5.69 Å². The van der Waals surface area contributed by atoms with Crippen LogP contribution in [-0.2, 0) is 9.57 Å². The van der Waals surface area contributed by atoms with E-state index in [1.54, 1.807) is 18.2 Å². The van der Waals surface area contributed by atoms with Crippen molar-refractivity contribution in [3.05, 3.63) is 28.8 Å². The Kier molecular flexibility index (Phi) is 2.17. The number of nitrogens with one attached hydrogen (secondary N) is 1. The summed E-state index contributed by atoms with van der Waals surface area (Å²) in [5, 5.41) is 0.561. The van der Waals surface area contributed by atoms with Crippen LogP contribution in [0.5, 0.6) is 0 Å². The van der Waals surface area contributed by atoms with Gasteiger partial charge in [0, 0.05) is 17.0 Å². The molecular formula is C11H10ClNO3. The van der Waals surface area contributed by atoms with E-state index in [4.69, 9.17) is 21.2 Å². The van der Waals surface area contributed by atoms with Crippen molar-refractivity contribution in [1.82, 2.24) is 0 Å². The number of hydrogen-bond acceptors (Lipinski definition) is 4. The number of halogens is 1. The second kappa shape index (κ2) is 3.45. The Bertz CT molecular complexity index is 455. The van der Waals surface area contributed by atoms with Gasteiger partial charge in [0.15, 0.2) is 0 Å². The zero-order valence-electron chi connectivity index (χ0n) is 8.46. The van der Waals surface area contributed by atoms with E-state index in [-0.39, 0.29) is 5.78 Å². The first-order chi connectivity index (χ1) is 7.71. The lowest BCUT2D eigenvalue weighted by atomic mass is 9.98. The lowest BCUT2D eigenvalue weighted by molar-refractivity contribution is -0.159. The summed E-state index contributed by atoms with van der Waals surface area (Å²) in [5.74, 6) is -1.25. The highest BCUT2D eigenvalue weighted by molar-refractivity contribution is 6.31. The maximum Gasteiger partial charge on any atom is 0.257 e. The average molecular weight is 240 g/mol. The minimum Gasteiger partial charge on any atom is -0.342 e. The predicted molar refractivity (Wildman–Crippen MR) is 58.4 cm³/mol. The molecule has 1 aromatic rings. The van der Waals surface area contributed by atoms with E-state index in [2.05, 4.69) is 5.48 Å². The van der Waals surface area contributed by atoms with Crippen LogP contribution in [0.1, 0.15) is 23.2 Å². The molecule has 16 heavy (non-hydrogen) atoms. The number of hydrogen-bond donors (Lipinski definition) is 1. The number of carbonyl (C=O) groups is 1. The van der Waals surface area contributed by atoms with Gasteiger partial charge in [-0.15, -0.1) is 0 Å². The Labute approximate surface area is 97.4 Å². The lowest BCUT2D eigenvalue weighted by Gasteiger charge is -2.32. The molecule has 2 aliphatic heterocycles. The summed E-state index contributed by atoms with van der Waals surface area (Å²) < 4.78 is 5.41. The second-order valence-electron chi connectivity index (χ2n) is 3.93. The van der Waals surface area contributed by atoms with Gasteiger partial charge in [-0.2, -0.15) is 0 Å². The number of Topliss-reactive ketones (excluding diaryl/α,β-unsaturated/α-hetero) is 1. The molecular weight excluding hydrogens is 230 g/mol. The van der Waals surface area contributed by atoms with Crippen molar-refractivity contribution >= 4 is 23.1 Å². The number of anilines is 1. The Morgan fingerprint density at radius 1 is 1.44 bits per heavy atom. The smallest absolute Gasteiger partial charge is 0.257 e. The molecule has 0 aliphatic carbocycles. The van der Waals surface area contributed by atoms with Crippen LogP contribution >= 0.6 is 11.6 Å². The molecule has 1 N–H and O–H groups in total. The maximum absolute atomic E-state index is 12.2.